The second-order valence-corrected chi connectivity index (χ2v) is 4.14. The molecule has 2 rings (SSSR count). The molecule has 1 aliphatic rings. The number of benzene rings is 1. The van der Waals surface area contributed by atoms with Gasteiger partial charge in [-0.2, -0.15) is 0 Å². The van der Waals surface area contributed by atoms with E-state index in [2.05, 4.69) is 0 Å². The molecule has 0 heterocycles. The van der Waals surface area contributed by atoms with Gasteiger partial charge in [0.1, 0.15) is 11.6 Å². The van der Waals surface area contributed by atoms with Crippen molar-refractivity contribution in [3.8, 4) is 0 Å². The summed E-state index contributed by atoms with van der Waals surface area (Å²) in [5.41, 5.74) is 0.199. The van der Waals surface area contributed by atoms with Crippen molar-refractivity contribution in [1.82, 2.24) is 0 Å². The Kier molecular flexibility index (Phi) is 3.00. The highest BCUT2D eigenvalue weighted by Gasteiger charge is 2.25. The number of halogens is 2. The third-order valence-corrected chi connectivity index (χ3v) is 3.10. The van der Waals surface area contributed by atoms with Crippen LogP contribution in [0.4, 0.5) is 8.78 Å². The Morgan fingerprint density at radius 2 is 1.53 bits per heavy atom. The highest BCUT2D eigenvalue weighted by atomic mass is 19.1. The van der Waals surface area contributed by atoms with E-state index in [-0.39, 0.29) is 17.6 Å². The van der Waals surface area contributed by atoms with Gasteiger partial charge in [0.25, 0.3) is 0 Å². The highest BCUT2D eigenvalue weighted by molar-refractivity contribution is 5.24. The summed E-state index contributed by atoms with van der Waals surface area (Å²) in [7, 11) is 0. The zero-order valence-corrected chi connectivity index (χ0v) is 8.42. The Morgan fingerprint density at radius 3 is 2.07 bits per heavy atom. The van der Waals surface area contributed by atoms with E-state index >= 15 is 0 Å². The van der Waals surface area contributed by atoms with Gasteiger partial charge in [0.2, 0.25) is 0 Å². The monoisotopic (exact) mass is 212 g/mol. The molecule has 82 valence electrons. The van der Waals surface area contributed by atoms with Crippen LogP contribution in [-0.4, -0.2) is 11.2 Å². The van der Waals surface area contributed by atoms with E-state index in [1.54, 1.807) is 0 Å². The van der Waals surface area contributed by atoms with Gasteiger partial charge in [0, 0.05) is 5.56 Å². The molecular weight excluding hydrogens is 198 g/mol. The Hall–Kier alpha value is -0.960. The lowest BCUT2D eigenvalue weighted by Gasteiger charge is -2.26. The molecule has 1 N–H and O–H groups in total. The standard InChI is InChI=1S/C12H14F2O/c13-10-2-1-3-11(14)12(10)8-4-6-9(15)7-5-8/h1-3,8-9,15H,4-7H2. The molecule has 0 atom stereocenters. The predicted octanol–water partition coefficient (Wildman–Crippen LogP) is 2.98. The maximum atomic E-state index is 13.4. The first kappa shape index (κ1) is 10.6. The SMILES string of the molecule is OC1CCC(c2c(F)cccc2F)CC1. The van der Waals surface area contributed by atoms with Crippen LogP contribution in [-0.2, 0) is 0 Å². The van der Waals surface area contributed by atoms with Crippen LogP contribution in [0.15, 0.2) is 18.2 Å². The zero-order valence-electron chi connectivity index (χ0n) is 8.42. The van der Waals surface area contributed by atoms with Gasteiger partial charge in [-0.05, 0) is 43.7 Å². The van der Waals surface area contributed by atoms with E-state index in [9.17, 15) is 13.9 Å². The van der Waals surface area contributed by atoms with Crippen LogP contribution in [0.5, 0.6) is 0 Å². The zero-order chi connectivity index (χ0) is 10.8. The maximum absolute atomic E-state index is 13.4. The van der Waals surface area contributed by atoms with Gasteiger partial charge in [-0.15, -0.1) is 0 Å². The van der Waals surface area contributed by atoms with Crippen molar-refractivity contribution < 1.29 is 13.9 Å². The second kappa shape index (κ2) is 4.27. The average Bonchev–Trinajstić information content (AvgIpc) is 2.20. The van der Waals surface area contributed by atoms with Crippen molar-refractivity contribution in [3.05, 3.63) is 35.4 Å². The molecule has 1 saturated carbocycles. The third kappa shape index (κ3) is 2.17. The van der Waals surface area contributed by atoms with Crippen LogP contribution in [0.1, 0.15) is 37.2 Å². The van der Waals surface area contributed by atoms with Gasteiger partial charge in [0.15, 0.2) is 0 Å². The average molecular weight is 212 g/mol. The molecule has 0 amide bonds. The smallest absolute Gasteiger partial charge is 0.129 e. The van der Waals surface area contributed by atoms with Gasteiger partial charge in [0.05, 0.1) is 6.10 Å². The van der Waals surface area contributed by atoms with Crippen molar-refractivity contribution in [2.75, 3.05) is 0 Å². The van der Waals surface area contributed by atoms with Gasteiger partial charge in [-0.1, -0.05) is 6.07 Å². The second-order valence-electron chi connectivity index (χ2n) is 4.14. The fourth-order valence-corrected chi connectivity index (χ4v) is 2.27. The quantitative estimate of drug-likeness (QED) is 0.758. The van der Waals surface area contributed by atoms with Crippen LogP contribution < -0.4 is 0 Å². The Balaban J connectivity index is 2.22. The van der Waals surface area contributed by atoms with Crippen LogP contribution >= 0.6 is 0 Å². The summed E-state index contributed by atoms with van der Waals surface area (Å²) in [4.78, 5) is 0. The fraction of sp³-hybridized carbons (Fsp3) is 0.500. The summed E-state index contributed by atoms with van der Waals surface area (Å²) in [5.74, 6) is -0.998. The summed E-state index contributed by atoms with van der Waals surface area (Å²) in [6, 6.07) is 3.97. The van der Waals surface area contributed by atoms with E-state index in [1.807, 2.05) is 0 Å². The minimum atomic E-state index is -0.462. The van der Waals surface area contributed by atoms with Gasteiger partial charge in [-0.3, -0.25) is 0 Å². The van der Waals surface area contributed by atoms with Gasteiger partial charge in [-0.25, -0.2) is 8.78 Å². The van der Waals surface area contributed by atoms with E-state index in [0.29, 0.717) is 25.7 Å². The normalized spacial score (nSPS) is 26.6. The third-order valence-electron chi connectivity index (χ3n) is 3.10. The van der Waals surface area contributed by atoms with Crippen molar-refractivity contribution in [2.45, 2.75) is 37.7 Å². The summed E-state index contributed by atoms with van der Waals surface area (Å²) in [5, 5.41) is 9.32. The van der Waals surface area contributed by atoms with Crippen LogP contribution in [0, 0.1) is 11.6 Å². The molecular formula is C12H14F2O. The van der Waals surface area contributed by atoms with E-state index < -0.39 is 11.6 Å². The summed E-state index contributed by atoms with van der Waals surface area (Å²) in [6.45, 7) is 0. The molecule has 0 spiro atoms. The van der Waals surface area contributed by atoms with Crippen molar-refractivity contribution in [1.29, 1.82) is 0 Å². The lowest BCUT2D eigenvalue weighted by Crippen LogP contribution is -2.18. The maximum Gasteiger partial charge on any atom is 0.129 e. The molecule has 1 fully saturated rings. The van der Waals surface area contributed by atoms with E-state index in [4.69, 9.17) is 0 Å². The molecule has 1 aliphatic carbocycles. The molecule has 0 radical (unpaired) electrons. The van der Waals surface area contributed by atoms with Gasteiger partial charge >= 0.3 is 0 Å². The molecule has 1 aromatic rings. The summed E-state index contributed by atoms with van der Waals surface area (Å²) < 4.78 is 26.9. The lowest BCUT2D eigenvalue weighted by atomic mass is 9.82. The molecule has 0 unspecified atom stereocenters. The largest absolute Gasteiger partial charge is 0.393 e. The first-order valence-electron chi connectivity index (χ1n) is 5.30. The number of hydrogen-bond acceptors (Lipinski definition) is 1. The molecule has 0 bridgehead atoms. The minimum absolute atomic E-state index is 0.0744. The first-order chi connectivity index (χ1) is 7.18. The number of rotatable bonds is 1. The molecule has 0 saturated heterocycles. The van der Waals surface area contributed by atoms with Crippen LogP contribution in [0.25, 0.3) is 0 Å². The molecule has 1 aromatic carbocycles. The molecule has 15 heavy (non-hydrogen) atoms. The topological polar surface area (TPSA) is 20.2 Å². The van der Waals surface area contributed by atoms with Gasteiger partial charge < -0.3 is 5.11 Å². The highest BCUT2D eigenvalue weighted by Crippen LogP contribution is 2.35. The van der Waals surface area contributed by atoms with Crippen molar-refractivity contribution in [2.24, 2.45) is 0 Å². The minimum Gasteiger partial charge on any atom is -0.393 e. The fourth-order valence-electron chi connectivity index (χ4n) is 2.27. The Morgan fingerprint density at radius 1 is 1.00 bits per heavy atom. The van der Waals surface area contributed by atoms with E-state index in [0.717, 1.165) is 0 Å². The first-order valence-corrected chi connectivity index (χ1v) is 5.30. The predicted molar refractivity (Wildman–Crippen MR) is 53.6 cm³/mol. The number of aliphatic hydroxyl groups excluding tert-OH is 1. The van der Waals surface area contributed by atoms with Crippen LogP contribution in [0.2, 0.25) is 0 Å². The number of hydrogen-bond donors (Lipinski definition) is 1. The lowest BCUT2D eigenvalue weighted by molar-refractivity contribution is 0.121. The Bertz CT molecular complexity index is 323. The van der Waals surface area contributed by atoms with Crippen LogP contribution in [0.3, 0.4) is 0 Å². The van der Waals surface area contributed by atoms with Crippen molar-refractivity contribution >= 4 is 0 Å². The van der Waals surface area contributed by atoms with Crippen molar-refractivity contribution in [3.63, 3.8) is 0 Å². The summed E-state index contributed by atoms with van der Waals surface area (Å²) >= 11 is 0. The van der Waals surface area contributed by atoms with E-state index in [1.165, 1.54) is 18.2 Å². The number of aliphatic hydroxyl groups is 1. The summed E-state index contributed by atoms with van der Waals surface area (Å²) in [6.07, 6.45) is 2.31. The molecule has 3 heteroatoms. The Labute approximate surface area is 87.7 Å². The molecule has 0 aromatic heterocycles. The molecule has 0 aliphatic heterocycles. The molecule has 1 nitrogen and oxygen atoms in total.